The fourth-order valence-corrected chi connectivity index (χ4v) is 4.74. The van der Waals surface area contributed by atoms with Gasteiger partial charge in [-0.3, -0.25) is 9.67 Å². The first-order valence-electron chi connectivity index (χ1n) is 12.6. The zero-order valence-electron chi connectivity index (χ0n) is 22.3. The van der Waals surface area contributed by atoms with Gasteiger partial charge in [-0.05, 0) is 24.3 Å². The van der Waals surface area contributed by atoms with E-state index < -0.39 is 30.3 Å². The first-order valence-corrected chi connectivity index (χ1v) is 13.0. The van der Waals surface area contributed by atoms with Crippen LogP contribution >= 0.6 is 11.6 Å². The van der Waals surface area contributed by atoms with Crippen LogP contribution in [0.5, 0.6) is 0 Å². The third-order valence-corrected chi connectivity index (χ3v) is 7.01. The molecule has 226 valence electrons. The minimum Gasteiger partial charge on any atom is -0.263 e. The van der Waals surface area contributed by atoms with E-state index in [9.17, 15) is 22.0 Å². The Bertz CT molecular complexity index is 1920. The second-order valence-electron chi connectivity index (χ2n) is 9.51. The Morgan fingerprint density at radius 3 is 2.39 bits per heavy atom. The fraction of sp³-hybridized carbons (Fsp3) is 0.192. The number of aromatic nitrogens is 11. The lowest BCUT2D eigenvalue weighted by molar-refractivity contribution is -0.141. The number of alkyl halides is 5. The number of rotatable bonds is 8. The Morgan fingerprint density at radius 1 is 0.932 bits per heavy atom. The molecule has 0 spiro atoms. The molecular weight excluding hydrogens is 616 g/mol. The lowest BCUT2D eigenvalue weighted by atomic mass is 10.0. The molecule has 18 heteroatoms. The molecule has 0 aliphatic carbocycles. The second-order valence-corrected chi connectivity index (χ2v) is 9.92. The minimum atomic E-state index is -4.76. The first-order chi connectivity index (χ1) is 21.0. The predicted molar refractivity (Wildman–Crippen MR) is 142 cm³/mol. The number of hydrogen-bond acceptors (Lipinski definition) is 7. The molecule has 0 amide bonds. The second kappa shape index (κ2) is 11.2. The summed E-state index contributed by atoms with van der Waals surface area (Å²) in [6.45, 7) is -2.83. The molecule has 1 atom stereocenters. The molecular formula is C26H18ClF6N11. The number of hydrogen-bond donors (Lipinski definition) is 0. The lowest BCUT2D eigenvalue weighted by Gasteiger charge is -2.17. The Hall–Kier alpha value is -5.06. The summed E-state index contributed by atoms with van der Waals surface area (Å²) in [6, 6.07) is 6.35. The molecule has 5 heterocycles. The molecule has 11 nitrogen and oxygen atoms in total. The summed E-state index contributed by atoms with van der Waals surface area (Å²) in [5, 5.41) is 22.6. The molecule has 0 N–H and O–H groups in total. The first kappa shape index (κ1) is 29.0. The Morgan fingerprint density at radius 2 is 1.75 bits per heavy atom. The van der Waals surface area contributed by atoms with Crippen molar-refractivity contribution in [3.05, 3.63) is 95.4 Å². The Labute approximate surface area is 248 Å². The summed E-state index contributed by atoms with van der Waals surface area (Å²) in [5.41, 5.74) is 0.783. The van der Waals surface area contributed by atoms with E-state index in [1.165, 1.54) is 30.5 Å². The quantitative estimate of drug-likeness (QED) is 0.202. The normalized spacial score (nSPS) is 12.8. The number of halogens is 7. The van der Waals surface area contributed by atoms with Crippen LogP contribution in [0.25, 0.3) is 28.1 Å². The van der Waals surface area contributed by atoms with E-state index >= 15 is 4.39 Å². The maximum Gasteiger partial charge on any atom is 0.436 e. The van der Waals surface area contributed by atoms with Gasteiger partial charge < -0.3 is 0 Å². The van der Waals surface area contributed by atoms with Gasteiger partial charge in [0.25, 0.3) is 0 Å². The number of nitrogens with zero attached hydrogens (tertiary/aromatic N) is 11. The van der Waals surface area contributed by atoms with Crippen molar-refractivity contribution in [3.8, 4) is 28.1 Å². The molecule has 6 aromatic rings. The molecule has 0 unspecified atom stereocenters. The molecule has 44 heavy (non-hydrogen) atoms. The molecule has 5 aromatic heterocycles. The van der Waals surface area contributed by atoms with Crippen LogP contribution in [0.3, 0.4) is 0 Å². The van der Waals surface area contributed by atoms with E-state index in [4.69, 9.17) is 11.6 Å². The van der Waals surface area contributed by atoms with Crippen molar-refractivity contribution in [1.29, 1.82) is 0 Å². The van der Waals surface area contributed by atoms with Crippen molar-refractivity contribution in [2.45, 2.75) is 25.2 Å². The summed E-state index contributed by atoms with van der Waals surface area (Å²) in [6.07, 6.45) is 3.29. The number of benzene rings is 1. The summed E-state index contributed by atoms with van der Waals surface area (Å²) in [5.74, 6) is -0.904. The van der Waals surface area contributed by atoms with Gasteiger partial charge in [-0.15, -0.1) is 10.2 Å². The van der Waals surface area contributed by atoms with Gasteiger partial charge in [0.1, 0.15) is 0 Å². The molecule has 0 saturated carbocycles. The predicted octanol–water partition coefficient (Wildman–Crippen LogP) is 5.56. The highest BCUT2D eigenvalue weighted by Crippen LogP contribution is 2.35. The zero-order chi connectivity index (χ0) is 31.2. The smallest absolute Gasteiger partial charge is 0.263 e. The zero-order valence-corrected chi connectivity index (χ0v) is 23.0. The van der Waals surface area contributed by atoms with Crippen molar-refractivity contribution in [2.24, 2.45) is 7.05 Å². The largest absolute Gasteiger partial charge is 0.436 e. The van der Waals surface area contributed by atoms with Crippen LogP contribution in [0, 0.1) is 5.82 Å². The van der Waals surface area contributed by atoms with Crippen LogP contribution < -0.4 is 0 Å². The van der Waals surface area contributed by atoms with Crippen molar-refractivity contribution >= 4 is 11.6 Å². The van der Waals surface area contributed by atoms with Gasteiger partial charge in [0, 0.05) is 48.7 Å². The van der Waals surface area contributed by atoms with Crippen molar-refractivity contribution in [2.75, 3.05) is 0 Å². The molecule has 0 aliphatic heterocycles. The summed E-state index contributed by atoms with van der Waals surface area (Å²) in [7, 11) is 1.71. The SMILES string of the molecule is Cn1nncc1-c1cnn([C@H](Cc2ccn(C(F)F)n2)c2ccc(-c3c(-n4cc(C(F)(F)F)nn4)ccc(Cl)c3F)cn2)c1. The summed E-state index contributed by atoms with van der Waals surface area (Å²) in [4.78, 5) is 4.50. The average molecular weight is 634 g/mol. The van der Waals surface area contributed by atoms with Gasteiger partial charge in [-0.1, -0.05) is 28.1 Å². The van der Waals surface area contributed by atoms with Crippen LogP contribution in [0.1, 0.15) is 29.7 Å². The van der Waals surface area contributed by atoms with Crippen LogP contribution in [0.4, 0.5) is 26.3 Å². The van der Waals surface area contributed by atoms with Crippen molar-refractivity contribution < 1.29 is 26.3 Å². The van der Waals surface area contributed by atoms with Gasteiger partial charge in [-0.2, -0.15) is 32.1 Å². The van der Waals surface area contributed by atoms with Gasteiger partial charge >= 0.3 is 12.7 Å². The third kappa shape index (κ3) is 5.52. The summed E-state index contributed by atoms with van der Waals surface area (Å²) >= 11 is 6.03. The van der Waals surface area contributed by atoms with Gasteiger partial charge in [-0.25, -0.2) is 18.4 Å². The van der Waals surface area contributed by atoms with E-state index in [1.54, 1.807) is 41.1 Å². The molecule has 0 fully saturated rings. The maximum atomic E-state index is 15.4. The fourth-order valence-electron chi connectivity index (χ4n) is 4.59. The van der Waals surface area contributed by atoms with E-state index in [2.05, 4.69) is 35.8 Å². The van der Waals surface area contributed by atoms with Crippen molar-refractivity contribution in [1.82, 2.24) is 54.5 Å². The van der Waals surface area contributed by atoms with Crippen molar-refractivity contribution in [3.63, 3.8) is 0 Å². The number of pyridine rings is 1. The van der Waals surface area contributed by atoms with E-state index in [-0.39, 0.29) is 28.3 Å². The highest BCUT2D eigenvalue weighted by atomic mass is 35.5. The molecule has 0 bridgehead atoms. The summed E-state index contributed by atoms with van der Waals surface area (Å²) < 4.78 is 85.7. The molecule has 0 aliphatic rings. The Kier molecular flexibility index (Phi) is 7.40. The van der Waals surface area contributed by atoms with Crippen LogP contribution in [0.2, 0.25) is 5.02 Å². The van der Waals surface area contributed by atoms with E-state index in [1.807, 2.05) is 0 Å². The monoisotopic (exact) mass is 633 g/mol. The van der Waals surface area contributed by atoms with Gasteiger partial charge in [0.2, 0.25) is 0 Å². The van der Waals surface area contributed by atoms with Crippen LogP contribution in [-0.4, -0.2) is 54.5 Å². The third-order valence-electron chi connectivity index (χ3n) is 6.72. The van der Waals surface area contributed by atoms with E-state index in [0.717, 1.165) is 10.9 Å². The highest BCUT2D eigenvalue weighted by molar-refractivity contribution is 6.31. The molecule has 0 saturated heterocycles. The van der Waals surface area contributed by atoms with Crippen LogP contribution in [0.15, 0.2) is 67.5 Å². The number of aryl methyl sites for hydroxylation is 1. The molecule has 0 radical (unpaired) electrons. The standard InChI is InChI=1S/C26H18ClF6N11/c1-41-21(11-35-39-41)15-10-36-43(12-15)20(8-16-6-7-42(38-16)25(29)30)18-4-2-14(9-34-18)23-19(5-3-17(27)24(23)28)44-13-22(37-40-44)26(31,32)33/h2-7,9-13,20,25H,8H2,1H3/t20-/m1/s1. The van der Waals surface area contributed by atoms with Gasteiger partial charge in [0.15, 0.2) is 11.5 Å². The van der Waals surface area contributed by atoms with E-state index in [0.29, 0.717) is 33.5 Å². The van der Waals surface area contributed by atoms with Crippen LogP contribution in [-0.2, 0) is 19.6 Å². The average Bonchev–Trinajstić information content (AvgIpc) is 3.80. The molecule has 6 rings (SSSR count). The minimum absolute atomic E-state index is 0.0555. The topological polar surface area (TPSA) is 110 Å². The molecule has 1 aromatic carbocycles. The Balaban J connectivity index is 1.39. The van der Waals surface area contributed by atoms with Gasteiger partial charge in [0.05, 0.1) is 52.4 Å². The highest BCUT2D eigenvalue weighted by Gasteiger charge is 2.35. The lowest BCUT2D eigenvalue weighted by Crippen LogP contribution is -2.16. The maximum absolute atomic E-state index is 15.4.